The van der Waals surface area contributed by atoms with Crippen molar-refractivity contribution in [2.45, 2.75) is 132 Å². The molecular weight excluding hydrogens is 424 g/mol. The van der Waals surface area contributed by atoms with Gasteiger partial charge in [-0.25, -0.2) is 0 Å². The first-order valence-electron chi connectivity index (χ1n) is 14.7. The second-order valence-electron chi connectivity index (χ2n) is 15.0. The van der Waals surface area contributed by atoms with Crippen LogP contribution >= 0.6 is 0 Å². The summed E-state index contributed by atoms with van der Waals surface area (Å²) in [5.74, 6) is 3.22. The van der Waals surface area contributed by atoms with Gasteiger partial charge in [-0.15, -0.1) is 0 Å². The maximum Gasteiger partial charge on any atom is 0.0213 e. The lowest BCUT2D eigenvalue weighted by atomic mass is 9.71. The molecule has 35 heavy (non-hydrogen) atoms. The quantitative estimate of drug-likeness (QED) is 0.357. The zero-order valence-corrected chi connectivity index (χ0v) is 25.4. The third-order valence-electron chi connectivity index (χ3n) is 8.52. The van der Waals surface area contributed by atoms with E-state index in [2.05, 4.69) is 111 Å². The van der Waals surface area contributed by atoms with Gasteiger partial charge in [0.25, 0.3) is 0 Å². The third kappa shape index (κ3) is 10.6. The summed E-state index contributed by atoms with van der Waals surface area (Å²) in [6.45, 7) is 29.7. The number of hydrogen-bond acceptors (Lipinski definition) is 2. The van der Waals surface area contributed by atoms with Crippen LogP contribution < -0.4 is 5.32 Å². The van der Waals surface area contributed by atoms with Gasteiger partial charge in [-0.05, 0) is 120 Å². The van der Waals surface area contributed by atoms with E-state index < -0.39 is 0 Å². The summed E-state index contributed by atoms with van der Waals surface area (Å²) in [6.07, 6.45) is 7.98. The van der Waals surface area contributed by atoms with Gasteiger partial charge < -0.3 is 5.32 Å². The molecule has 1 aromatic rings. The van der Waals surface area contributed by atoms with E-state index in [1.54, 1.807) is 5.56 Å². The van der Waals surface area contributed by atoms with Crippen LogP contribution in [0, 0.1) is 29.1 Å². The third-order valence-corrected chi connectivity index (χ3v) is 8.52. The highest BCUT2D eigenvalue weighted by Crippen LogP contribution is 2.39. The fraction of sp³-hybridized carbons (Fsp3) is 0.818. The van der Waals surface area contributed by atoms with Crippen LogP contribution in [-0.4, -0.2) is 29.1 Å². The largest absolute Gasteiger partial charge is 0.308 e. The number of benzene rings is 1. The molecule has 1 N–H and O–H groups in total. The van der Waals surface area contributed by atoms with Crippen LogP contribution in [0.25, 0.3) is 0 Å². The van der Waals surface area contributed by atoms with Crippen molar-refractivity contribution < 1.29 is 0 Å². The molecule has 0 saturated carbocycles. The number of likely N-dealkylation sites (tertiary alicyclic amines) is 1. The molecule has 1 aromatic carbocycles. The Morgan fingerprint density at radius 2 is 1.57 bits per heavy atom. The molecular formula is C33H60N2. The Labute approximate surface area is 220 Å². The summed E-state index contributed by atoms with van der Waals surface area (Å²) >= 11 is 0. The van der Waals surface area contributed by atoms with E-state index >= 15 is 0 Å². The van der Waals surface area contributed by atoms with Crippen LogP contribution in [0.4, 0.5) is 0 Å². The Bertz CT molecular complexity index is 746. The molecule has 0 bridgehead atoms. The standard InChI is InChI=1S/C33H60N2/c1-12-26(22-28-15-13-14-16-29(28)23-34-32(6,7)8)25(2)21-30-24-35(33(9,10)11)20-18-27(30)17-19-31(3,4)5/h13-16,25-27,30,34H,12,17-24H2,1-11H3. The molecule has 0 aromatic heterocycles. The summed E-state index contributed by atoms with van der Waals surface area (Å²) in [5, 5.41) is 3.71. The van der Waals surface area contributed by atoms with Crippen molar-refractivity contribution in [3.05, 3.63) is 35.4 Å². The Hall–Kier alpha value is -0.860. The van der Waals surface area contributed by atoms with E-state index in [9.17, 15) is 0 Å². The lowest BCUT2D eigenvalue weighted by Crippen LogP contribution is -2.50. The lowest BCUT2D eigenvalue weighted by Gasteiger charge is -2.46. The smallest absolute Gasteiger partial charge is 0.0213 e. The van der Waals surface area contributed by atoms with Crippen molar-refractivity contribution in [2.75, 3.05) is 13.1 Å². The van der Waals surface area contributed by atoms with Gasteiger partial charge >= 0.3 is 0 Å². The Morgan fingerprint density at radius 3 is 2.11 bits per heavy atom. The van der Waals surface area contributed by atoms with Crippen LogP contribution in [0.2, 0.25) is 0 Å². The molecule has 0 radical (unpaired) electrons. The average Bonchev–Trinajstić information content (AvgIpc) is 2.73. The predicted molar refractivity (Wildman–Crippen MR) is 156 cm³/mol. The molecule has 2 heteroatoms. The minimum atomic E-state index is 0.145. The van der Waals surface area contributed by atoms with Gasteiger partial charge in [-0.1, -0.05) is 65.3 Å². The molecule has 0 aliphatic carbocycles. The van der Waals surface area contributed by atoms with Gasteiger partial charge in [0, 0.05) is 24.2 Å². The summed E-state index contributed by atoms with van der Waals surface area (Å²) in [6, 6.07) is 9.15. The van der Waals surface area contributed by atoms with Gasteiger partial charge in [-0.2, -0.15) is 0 Å². The lowest BCUT2D eigenvalue weighted by molar-refractivity contribution is 0.0274. The SMILES string of the molecule is CCC(Cc1ccccc1CNC(C)(C)C)C(C)CC1CN(C(C)(C)C)CCC1CCC(C)(C)C. The van der Waals surface area contributed by atoms with E-state index in [0.29, 0.717) is 5.41 Å². The number of rotatable bonds is 10. The molecule has 4 atom stereocenters. The maximum atomic E-state index is 3.71. The van der Waals surface area contributed by atoms with E-state index in [1.807, 2.05) is 0 Å². The van der Waals surface area contributed by atoms with Crippen molar-refractivity contribution >= 4 is 0 Å². The van der Waals surface area contributed by atoms with Gasteiger partial charge in [0.2, 0.25) is 0 Å². The summed E-state index contributed by atoms with van der Waals surface area (Å²) in [5.41, 5.74) is 3.89. The fourth-order valence-electron chi connectivity index (χ4n) is 5.95. The van der Waals surface area contributed by atoms with Gasteiger partial charge in [-0.3, -0.25) is 4.90 Å². The Kier molecular flexibility index (Phi) is 10.9. The van der Waals surface area contributed by atoms with Crippen LogP contribution in [0.3, 0.4) is 0 Å². The van der Waals surface area contributed by atoms with Crippen molar-refractivity contribution in [2.24, 2.45) is 29.1 Å². The molecule has 2 nitrogen and oxygen atoms in total. The molecule has 1 aliphatic heterocycles. The van der Waals surface area contributed by atoms with E-state index in [0.717, 1.165) is 30.2 Å². The highest BCUT2D eigenvalue weighted by Gasteiger charge is 2.35. The average molecular weight is 485 g/mol. The first-order valence-corrected chi connectivity index (χ1v) is 14.7. The Morgan fingerprint density at radius 1 is 0.943 bits per heavy atom. The van der Waals surface area contributed by atoms with Crippen LogP contribution in [-0.2, 0) is 13.0 Å². The monoisotopic (exact) mass is 484 g/mol. The zero-order chi connectivity index (χ0) is 26.4. The van der Waals surface area contributed by atoms with E-state index in [1.165, 1.54) is 57.2 Å². The highest BCUT2D eigenvalue weighted by molar-refractivity contribution is 5.27. The molecule has 4 unspecified atom stereocenters. The van der Waals surface area contributed by atoms with Gasteiger partial charge in [0.05, 0.1) is 0 Å². The number of hydrogen-bond donors (Lipinski definition) is 1. The minimum Gasteiger partial charge on any atom is -0.308 e. The highest BCUT2D eigenvalue weighted by atomic mass is 15.2. The maximum absolute atomic E-state index is 3.71. The number of piperidine rings is 1. The summed E-state index contributed by atoms with van der Waals surface area (Å²) in [7, 11) is 0. The second-order valence-corrected chi connectivity index (χ2v) is 15.0. The van der Waals surface area contributed by atoms with Crippen LogP contribution in [0.15, 0.2) is 24.3 Å². The molecule has 0 amide bonds. The molecule has 1 aliphatic rings. The fourth-order valence-corrected chi connectivity index (χ4v) is 5.95. The number of nitrogens with one attached hydrogen (secondary N) is 1. The minimum absolute atomic E-state index is 0.145. The van der Waals surface area contributed by atoms with Crippen molar-refractivity contribution in [1.29, 1.82) is 0 Å². The normalized spacial score (nSPS) is 22.3. The van der Waals surface area contributed by atoms with Gasteiger partial charge in [0.1, 0.15) is 0 Å². The van der Waals surface area contributed by atoms with Crippen LogP contribution in [0.1, 0.15) is 119 Å². The molecule has 202 valence electrons. The van der Waals surface area contributed by atoms with E-state index in [-0.39, 0.29) is 11.1 Å². The first kappa shape index (κ1) is 30.4. The molecule has 1 heterocycles. The zero-order valence-electron chi connectivity index (χ0n) is 25.4. The molecule has 1 fully saturated rings. The Balaban J connectivity index is 2.12. The van der Waals surface area contributed by atoms with Crippen LogP contribution in [0.5, 0.6) is 0 Å². The summed E-state index contributed by atoms with van der Waals surface area (Å²) in [4.78, 5) is 2.77. The molecule has 1 saturated heterocycles. The first-order chi connectivity index (χ1) is 16.1. The summed E-state index contributed by atoms with van der Waals surface area (Å²) < 4.78 is 0. The number of nitrogens with zero attached hydrogens (tertiary/aromatic N) is 1. The van der Waals surface area contributed by atoms with E-state index in [4.69, 9.17) is 0 Å². The molecule has 0 spiro atoms. The van der Waals surface area contributed by atoms with Crippen molar-refractivity contribution in [3.63, 3.8) is 0 Å². The molecule has 2 rings (SSSR count). The predicted octanol–water partition coefficient (Wildman–Crippen LogP) is 8.73. The topological polar surface area (TPSA) is 15.3 Å². The van der Waals surface area contributed by atoms with Crippen molar-refractivity contribution in [1.82, 2.24) is 10.2 Å². The second kappa shape index (κ2) is 12.6. The van der Waals surface area contributed by atoms with Gasteiger partial charge in [0.15, 0.2) is 0 Å². The van der Waals surface area contributed by atoms with Crippen molar-refractivity contribution in [3.8, 4) is 0 Å².